The fraction of sp³-hybridized carbons (Fsp3) is 0.308. The molecule has 0 unspecified atom stereocenters. The van der Waals surface area contributed by atoms with Crippen LogP contribution in [0.2, 0.25) is 0 Å². The molecule has 3 aromatic carbocycles. The van der Waals surface area contributed by atoms with E-state index in [0.29, 0.717) is 34.5 Å². The van der Waals surface area contributed by atoms with Gasteiger partial charge in [0.25, 0.3) is 15.9 Å². The van der Waals surface area contributed by atoms with Crippen LogP contribution in [0, 0.1) is 0 Å². The number of sulfonamides is 1. The number of hydrogen-bond acceptors (Lipinski definition) is 5. The Kier molecular flexibility index (Phi) is 7.00. The van der Waals surface area contributed by atoms with Gasteiger partial charge in [-0.1, -0.05) is 80.4 Å². The predicted octanol–water partition coefficient (Wildman–Crippen LogP) is 3.72. The van der Waals surface area contributed by atoms with Crippen LogP contribution in [-0.2, 0) is 32.6 Å². The molecule has 0 saturated heterocycles. The second-order valence-electron chi connectivity index (χ2n) is 8.52. The van der Waals surface area contributed by atoms with Crippen LogP contribution in [0.25, 0.3) is 10.8 Å². The summed E-state index contributed by atoms with van der Waals surface area (Å²) in [5.74, 6) is -2.08. The Morgan fingerprint density at radius 3 is 2.44 bits per heavy atom. The van der Waals surface area contributed by atoms with Gasteiger partial charge in [-0.25, -0.2) is 17.5 Å². The van der Waals surface area contributed by atoms with E-state index < -0.39 is 34.0 Å². The van der Waals surface area contributed by atoms with Crippen molar-refractivity contribution in [2.24, 2.45) is 0 Å². The Hall–Kier alpha value is -3.23. The SMILES string of the molecule is CCCC[C@@H](C(=O)O)N(C(=O)[C@@H]1Cc2ccccc2CN1)S(=O)(=O)c1cccc2ccccc12. The molecule has 0 fully saturated rings. The largest absolute Gasteiger partial charge is 0.480 e. The van der Waals surface area contributed by atoms with Crippen molar-refractivity contribution in [1.29, 1.82) is 0 Å². The number of fused-ring (bicyclic) bond motifs is 2. The number of rotatable bonds is 8. The number of hydrogen-bond donors (Lipinski definition) is 2. The monoisotopic (exact) mass is 480 g/mol. The third-order valence-corrected chi connectivity index (χ3v) is 8.15. The molecule has 2 N–H and O–H groups in total. The van der Waals surface area contributed by atoms with Crippen LogP contribution in [0.1, 0.15) is 37.3 Å². The van der Waals surface area contributed by atoms with Crippen LogP contribution in [0.3, 0.4) is 0 Å². The summed E-state index contributed by atoms with van der Waals surface area (Å²) in [6, 6.07) is 17.1. The lowest BCUT2D eigenvalue weighted by atomic mass is 9.95. The van der Waals surface area contributed by atoms with Gasteiger partial charge in [0.2, 0.25) is 0 Å². The molecule has 8 heteroatoms. The smallest absolute Gasteiger partial charge is 0.327 e. The van der Waals surface area contributed by atoms with Gasteiger partial charge in [-0.05, 0) is 35.4 Å². The first-order chi connectivity index (χ1) is 16.3. The lowest BCUT2D eigenvalue weighted by molar-refractivity contribution is -0.147. The molecule has 34 heavy (non-hydrogen) atoms. The van der Waals surface area contributed by atoms with Crippen LogP contribution >= 0.6 is 0 Å². The van der Waals surface area contributed by atoms with Gasteiger partial charge < -0.3 is 10.4 Å². The Morgan fingerprint density at radius 2 is 1.71 bits per heavy atom. The van der Waals surface area contributed by atoms with Gasteiger partial charge in [0.15, 0.2) is 0 Å². The number of aliphatic carboxylic acids is 1. The second-order valence-corrected chi connectivity index (χ2v) is 10.3. The standard InChI is InChI=1S/C26H28N2O5S/c1-2-3-14-23(26(30)31)28(25(29)22-16-19-10-4-5-11-20(19)17-27-22)34(32,33)24-15-8-12-18-9-6-7-13-21(18)24/h4-13,15,22-23,27H,2-3,14,16-17H2,1H3,(H,30,31)/t22-,23-/m0/s1. The summed E-state index contributed by atoms with van der Waals surface area (Å²) >= 11 is 0. The zero-order chi connectivity index (χ0) is 24.3. The summed E-state index contributed by atoms with van der Waals surface area (Å²) < 4.78 is 28.6. The summed E-state index contributed by atoms with van der Waals surface area (Å²) in [5.41, 5.74) is 1.98. The van der Waals surface area contributed by atoms with E-state index in [0.717, 1.165) is 11.1 Å². The second kappa shape index (κ2) is 9.95. The number of carbonyl (C=O) groups is 2. The Morgan fingerprint density at radius 1 is 1.03 bits per heavy atom. The molecule has 1 aliphatic heterocycles. The Balaban J connectivity index is 1.81. The minimum absolute atomic E-state index is 0.0465. The Labute approximate surface area is 199 Å². The lowest BCUT2D eigenvalue weighted by Crippen LogP contribution is -2.56. The normalized spacial score (nSPS) is 16.6. The molecule has 4 rings (SSSR count). The van der Waals surface area contributed by atoms with Gasteiger partial charge in [-0.2, -0.15) is 0 Å². The van der Waals surface area contributed by atoms with Gasteiger partial charge >= 0.3 is 5.97 Å². The van der Waals surface area contributed by atoms with Gasteiger partial charge in [0, 0.05) is 11.9 Å². The molecule has 0 aromatic heterocycles. The highest BCUT2D eigenvalue weighted by Gasteiger charge is 2.43. The zero-order valence-corrected chi connectivity index (χ0v) is 19.8. The third-order valence-electron chi connectivity index (χ3n) is 6.28. The number of nitrogens with one attached hydrogen (secondary N) is 1. The highest BCUT2D eigenvalue weighted by Crippen LogP contribution is 2.30. The summed E-state index contributed by atoms with van der Waals surface area (Å²) in [5, 5.41) is 14.3. The molecule has 0 aliphatic carbocycles. The summed E-state index contributed by atoms with van der Waals surface area (Å²) in [4.78, 5) is 26.0. The molecule has 0 spiro atoms. The van der Waals surface area contributed by atoms with E-state index in [-0.39, 0.29) is 17.7 Å². The van der Waals surface area contributed by atoms with Crippen LogP contribution < -0.4 is 5.32 Å². The molecule has 0 bridgehead atoms. The topological polar surface area (TPSA) is 104 Å². The summed E-state index contributed by atoms with van der Waals surface area (Å²) in [7, 11) is -4.47. The summed E-state index contributed by atoms with van der Waals surface area (Å²) in [6.07, 6.45) is 1.49. The minimum atomic E-state index is -4.47. The molecule has 2 atom stereocenters. The van der Waals surface area contributed by atoms with Crippen LogP contribution in [0.15, 0.2) is 71.6 Å². The van der Waals surface area contributed by atoms with Crippen molar-refractivity contribution in [3.8, 4) is 0 Å². The predicted molar refractivity (Wildman–Crippen MR) is 130 cm³/mol. The first-order valence-corrected chi connectivity index (χ1v) is 12.9. The average molecular weight is 481 g/mol. The molecule has 178 valence electrons. The van der Waals surface area contributed by atoms with Crippen molar-refractivity contribution in [3.05, 3.63) is 77.9 Å². The number of amides is 1. The van der Waals surface area contributed by atoms with Crippen molar-refractivity contribution in [2.45, 2.75) is 56.1 Å². The summed E-state index contributed by atoms with van der Waals surface area (Å²) in [6.45, 7) is 2.30. The maximum atomic E-state index is 14.0. The molecule has 3 aromatic rings. The quantitative estimate of drug-likeness (QED) is 0.509. The van der Waals surface area contributed by atoms with Crippen molar-refractivity contribution in [2.75, 3.05) is 0 Å². The average Bonchev–Trinajstić information content (AvgIpc) is 2.85. The van der Waals surface area contributed by atoms with Crippen molar-refractivity contribution >= 4 is 32.7 Å². The van der Waals surface area contributed by atoms with Crippen LogP contribution in [-0.4, -0.2) is 41.8 Å². The minimum Gasteiger partial charge on any atom is -0.480 e. The van der Waals surface area contributed by atoms with E-state index in [1.807, 2.05) is 31.2 Å². The van der Waals surface area contributed by atoms with E-state index in [1.165, 1.54) is 6.07 Å². The van der Waals surface area contributed by atoms with Gasteiger partial charge in [0.05, 0.1) is 10.9 Å². The number of nitrogens with zero attached hydrogens (tertiary/aromatic N) is 1. The molecular weight excluding hydrogens is 452 g/mol. The molecular formula is C26H28N2O5S. The number of carboxylic acids is 1. The molecule has 0 radical (unpaired) electrons. The maximum absolute atomic E-state index is 14.0. The lowest BCUT2D eigenvalue weighted by Gasteiger charge is -2.34. The van der Waals surface area contributed by atoms with Crippen LogP contribution in [0.4, 0.5) is 0 Å². The first-order valence-electron chi connectivity index (χ1n) is 11.4. The molecule has 1 aliphatic rings. The highest BCUT2D eigenvalue weighted by atomic mass is 32.2. The van der Waals surface area contributed by atoms with E-state index in [4.69, 9.17) is 0 Å². The van der Waals surface area contributed by atoms with E-state index in [2.05, 4.69) is 5.32 Å². The van der Waals surface area contributed by atoms with Crippen molar-refractivity contribution in [3.63, 3.8) is 0 Å². The first kappa shape index (κ1) is 23.9. The van der Waals surface area contributed by atoms with Crippen LogP contribution in [0.5, 0.6) is 0 Å². The highest BCUT2D eigenvalue weighted by molar-refractivity contribution is 7.90. The molecule has 1 heterocycles. The van der Waals surface area contributed by atoms with Gasteiger partial charge in [0.1, 0.15) is 6.04 Å². The Bertz CT molecular complexity index is 1320. The molecule has 1 amide bonds. The molecule has 7 nitrogen and oxygen atoms in total. The van der Waals surface area contributed by atoms with Gasteiger partial charge in [-0.3, -0.25) is 4.79 Å². The molecule has 0 saturated carbocycles. The van der Waals surface area contributed by atoms with Crippen molar-refractivity contribution < 1.29 is 23.1 Å². The number of carboxylic acid groups (broad SMARTS) is 1. The number of carbonyl (C=O) groups excluding carboxylic acids is 1. The third kappa shape index (κ3) is 4.56. The fourth-order valence-corrected chi connectivity index (χ4v) is 6.31. The maximum Gasteiger partial charge on any atom is 0.327 e. The zero-order valence-electron chi connectivity index (χ0n) is 19.0. The number of benzene rings is 3. The van der Waals surface area contributed by atoms with Crippen molar-refractivity contribution in [1.82, 2.24) is 9.62 Å². The fourth-order valence-electron chi connectivity index (χ4n) is 4.49. The van der Waals surface area contributed by atoms with E-state index in [1.54, 1.807) is 36.4 Å². The number of unbranched alkanes of at least 4 members (excludes halogenated alkanes) is 1. The van der Waals surface area contributed by atoms with E-state index in [9.17, 15) is 23.1 Å². The van der Waals surface area contributed by atoms with Gasteiger partial charge in [-0.15, -0.1) is 0 Å². The van der Waals surface area contributed by atoms with E-state index >= 15 is 0 Å².